The third-order valence-corrected chi connectivity index (χ3v) is 2.55. The predicted octanol–water partition coefficient (Wildman–Crippen LogP) is 0.996. The molecule has 0 bridgehead atoms. The van der Waals surface area contributed by atoms with Gasteiger partial charge in [0.1, 0.15) is 0 Å². The molecule has 0 spiro atoms. The minimum Gasteiger partial charge on any atom is -0.479 e. The van der Waals surface area contributed by atoms with Crippen molar-refractivity contribution < 1.29 is 14.6 Å². The van der Waals surface area contributed by atoms with Crippen molar-refractivity contribution in [1.82, 2.24) is 9.80 Å². The number of carboxylic acid groups (broad SMARTS) is 1. The van der Waals surface area contributed by atoms with Crippen molar-refractivity contribution in [3.63, 3.8) is 0 Å². The predicted molar refractivity (Wildman–Crippen MR) is 72.9 cm³/mol. The SMILES string of the molecule is CCOC(CN(CCN(C)C)CC(C)C)C(=O)O. The zero-order valence-electron chi connectivity index (χ0n) is 12.3. The molecular weight excluding hydrogens is 232 g/mol. The van der Waals surface area contributed by atoms with Gasteiger partial charge in [0, 0.05) is 32.8 Å². The Morgan fingerprint density at radius 2 is 1.83 bits per heavy atom. The zero-order valence-corrected chi connectivity index (χ0v) is 12.3. The van der Waals surface area contributed by atoms with Crippen molar-refractivity contribution in [1.29, 1.82) is 0 Å². The van der Waals surface area contributed by atoms with Gasteiger partial charge in [-0.15, -0.1) is 0 Å². The van der Waals surface area contributed by atoms with Crippen LogP contribution < -0.4 is 0 Å². The summed E-state index contributed by atoms with van der Waals surface area (Å²) >= 11 is 0. The van der Waals surface area contributed by atoms with Gasteiger partial charge in [0.05, 0.1) is 0 Å². The van der Waals surface area contributed by atoms with Crippen molar-refractivity contribution in [2.24, 2.45) is 5.92 Å². The molecular formula is C13H28N2O3. The molecule has 0 saturated heterocycles. The van der Waals surface area contributed by atoms with Crippen LogP contribution in [0.5, 0.6) is 0 Å². The van der Waals surface area contributed by atoms with Crippen molar-refractivity contribution in [3.8, 4) is 0 Å². The third kappa shape index (κ3) is 8.44. The van der Waals surface area contributed by atoms with Crippen LogP contribution in [0, 0.1) is 5.92 Å². The lowest BCUT2D eigenvalue weighted by atomic mass is 10.2. The molecule has 0 aliphatic rings. The first-order valence-corrected chi connectivity index (χ1v) is 6.58. The van der Waals surface area contributed by atoms with Gasteiger partial charge in [0.25, 0.3) is 0 Å². The van der Waals surface area contributed by atoms with Gasteiger partial charge in [-0.05, 0) is 26.9 Å². The maximum Gasteiger partial charge on any atom is 0.334 e. The third-order valence-electron chi connectivity index (χ3n) is 2.55. The number of ether oxygens (including phenoxy) is 1. The van der Waals surface area contributed by atoms with Crippen molar-refractivity contribution in [2.75, 3.05) is 46.9 Å². The molecule has 18 heavy (non-hydrogen) atoms. The first-order chi connectivity index (χ1) is 8.36. The largest absolute Gasteiger partial charge is 0.479 e. The maximum absolute atomic E-state index is 11.1. The van der Waals surface area contributed by atoms with E-state index in [9.17, 15) is 4.79 Å². The number of hydrogen-bond acceptors (Lipinski definition) is 4. The van der Waals surface area contributed by atoms with E-state index in [1.807, 2.05) is 21.0 Å². The van der Waals surface area contributed by atoms with E-state index >= 15 is 0 Å². The number of aliphatic carboxylic acids is 1. The highest BCUT2D eigenvalue weighted by Crippen LogP contribution is 2.03. The quantitative estimate of drug-likeness (QED) is 0.635. The van der Waals surface area contributed by atoms with Crippen LogP contribution in [0.2, 0.25) is 0 Å². The van der Waals surface area contributed by atoms with Gasteiger partial charge < -0.3 is 14.7 Å². The van der Waals surface area contributed by atoms with Gasteiger partial charge >= 0.3 is 5.97 Å². The summed E-state index contributed by atoms with van der Waals surface area (Å²) in [7, 11) is 4.04. The van der Waals surface area contributed by atoms with E-state index < -0.39 is 12.1 Å². The zero-order chi connectivity index (χ0) is 14.1. The molecule has 0 fully saturated rings. The number of hydrogen-bond donors (Lipinski definition) is 1. The van der Waals surface area contributed by atoms with Gasteiger partial charge in [0.2, 0.25) is 0 Å². The van der Waals surface area contributed by atoms with Crippen LogP contribution in [0.25, 0.3) is 0 Å². The fourth-order valence-corrected chi connectivity index (χ4v) is 1.75. The van der Waals surface area contributed by atoms with Gasteiger partial charge in [-0.1, -0.05) is 13.8 Å². The Morgan fingerprint density at radius 3 is 2.22 bits per heavy atom. The van der Waals surface area contributed by atoms with E-state index in [0.29, 0.717) is 19.1 Å². The van der Waals surface area contributed by atoms with Crippen molar-refractivity contribution in [2.45, 2.75) is 26.9 Å². The smallest absolute Gasteiger partial charge is 0.334 e. The Hall–Kier alpha value is -0.650. The van der Waals surface area contributed by atoms with Gasteiger partial charge in [-0.3, -0.25) is 4.90 Å². The second kappa shape index (κ2) is 9.30. The lowest BCUT2D eigenvalue weighted by molar-refractivity contribution is -0.151. The fraction of sp³-hybridized carbons (Fsp3) is 0.923. The molecule has 0 saturated carbocycles. The summed E-state index contributed by atoms with van der Waals surface area (Å²) in [6.45, 7) is 9.66. The first-order valence-electron chi connectivity index (χ1n) is 6.58. The van der Waals surface area contributed by atoms with Crippen LogP contribution in [0.15, 0.2) is 0 Å². The molecule has 0 radical (unpaired) electrons. The number of carbonyl (C=O) groups is 1. The van der Waals surface area contributed by atoms with Crippen LogP contribution >= 0.6 is 0 Å². The first kappa shape index (κ1) is 17.4. The molecule has 0 rings (SSSR count). The monoisotopic (exact) mass is 260 g/mol. The average Bonchev–Trinajstić information content (AvgIpc) is 2.24. The van der Waals surface area contributed by atoms with E-state index in [0.717, 1.165) is 19.6 Å². The fourth-order valence-electron chi connectivity index (χ4n) is 1.75. The second-order valence-electron chi connectivity index (χ2n) is 5.24. The maximum atomic E-state index is 11.1. The van der Waals surface area contributed by atoms with E-state index in [2.05, 4.69) is 23.6 Å². The van der Waals surface area contributed by atoms with Gasteiger partial charge in [0.15, 0.2) is 6.10 Å². The van der Waals surface area contributed by atoms with E-state index in [-0.39, 0.29) is 0 Å². The van der Waals surface area contributed by atoms with Gasteiger partial charge in [-0.2, -0.15) is 0 Å². The van der Waals surface area contributed by atoms with E-state index in [1.54, 1.807) is 0 Å². The normalized spacial score (nSPS) is 13.6. The Balaban J connectivity index is 4.38. The highest BCUT2D eigenvalue weighted by molar-refractivity contribution is 5.72. The lowest BCUT2D eigenvalue weighted by Gasteiger charge is -2.28. The summed E-state index contributed by atoms with van der Waals surface area (Å²) in [5, 5.41) is 9.10. The summed E-state index contributed by atoms with van der Waals surface area (Å²) in [5.74, 6) is -0.362. The summed E-state index contributed by atoms with van der Waals surface area (Å²) in [4.78, 5) is 15.4. The van der Waals surface area contributed by atoms with Crippen LogP contribution in [-0.2, 0) is 9.53 Å². The molecule has 1 N–H and O–H groups in total. The Kier molecular flexibility index (Phi) is 8.97. The molecule has 0 aliphatic heterocycles. The van der Waals surface area contributed by atoms with Crippen LogP contribution in [-0.4, -0.2) is 73.9 Å². The number of carboxylic acids is 1. The van der Waals surface area contributed by atoms with Crippen LogP contribution in [0.4, 0.5) is 0 Å². The Bertz CT molecular complexity index is 232. The van der Waals surface area contributed by atoms with Crippen molar-refractivity contribution >= 4 is 5.97 Å². The van der Waals surface area contributed by atoms with E-state index in [4.69, 9.17) is 9.84 Å². The molecule has 0 aromatic carbocycles. The molecule has 0 heterocycles. The Labute approximate surface area is 111 Å². The standard InChI is InChI=1S/C13H28N2O3/c1-6-18-12(13(16)17)10-15(9-11(2)3)8-7-14(4)5/h11-12H,6-10H2,1-5H3,(H,16,17). The molecule has 5 nitrogen and oxygen atoms in total. The molecule has 0 amide bonds. The highest BCUT2D eigenvalue weighted by Gasteiger charge is 2.21. The molecule has 1 unspecified atom stereocenters. The van der Waals surface area contributed by atoms with Gasteiger partial charge in [-0.25, -0.2) is 4.79 Å². The lowest BCUT2D eigenvalue weighted by Crippen LogP contribution is -2.43. The molecule has 1 atom stereocenters. The second-order valence-corrected chi connectivity index (χ2v) is 5.24. The van der Waals surface area contributed by atoms with E-state index in [1.165, 1.54) is 0 Å². The van der Waals surface area contributed by atoms with Crippen LogP contribution in [0.3, 0.4) is 0 Å². The highest BCUT2D eigenvalue weighted by atomic mass is 16.5. The molecule has 0 aromatic rings. The minimum absolute atomic E-state index is 0.431. The summed E-state index contributed by atoms with van der Waals surface area (Å²) in [5.41, 5.74) is 0. The minimum atomic E-state index is -0.879. The molecule has 0 aliphatic carbocycles. The molecule has 108 valence electrons. The average molecular weight is 260 g/mol. The Morgan fingerprint density at radius 1 is 1.22 bits per heavy atom. The summed E-state index contributed by atoms with van der Waals surface area (Å²) in [6.07, 6.45) is -0.726. The number of nitrogens with zero attached hydrogens (tertiary/aromatic N) is 2. The number of likely N-dealkylation sites (N-methyl/N-ethyl adjacent to an activating group) is 1. The summed E-state index contributed by atoms with van der Waals surface area (Å²) < 4.78 is 5.27. The number of rotatable bonds is 10. The topological polar surface area (TPSA) is 53.0 Å². The van der Waals surface area contributed by atoms with Crippen LogP contribution in [0.1, 0.15) is 20.8 Å². The van der Waals surface area contributed by atoms with Crippen molar-refractivity contribution in [3.05, 3.63) is 0 Å². The molecule has 5 heteroatoms. The molecule has 0 aromatic heterocycles. The summed E-state index contributed by atoms with van der Waals surface area (Å²) in [6, 6.07) is 0.